The fraction of sp³-hybridized carbons (Fsp3) is 0.333. The topological polar surface area (TPSA) is 88.8 Å². The van der Waals surface area contributed by atoms with E-state index in [1.807, 2.05) is 13.0 Å². The van der Waals surface area contributed by atoms with Gasteiger partial charge in [0.15, 0.2) is 0 Å². The van der Waals surface area contributed by atoms with Crippen LogP contribution in [0.5, 0.6) is 0 Å². The van der Waals surface area contributed by atoms with Crippen LogP contribution in [0.25, 0.3) is 11.3 Å². The molecule has 1 heterocycles. The third-order valence-corrected chi connectivity index (χ3v) is 3.66. The van der Waals surface area contributed by atoms with Gasteiger partial charge in [-0.2, -0.15) is 0 Å². The lowest BCUT2D eigenvalue weighted by Gasteiger charge is -2.12. The van der Waals surface area contributed by atoms with Gasteiger partial charge in [0.25, 0.3) is 0 Å². The van der Waals surface area contributed by atoms with E-state index in [2.05, 4.69) is 5.32 Å². The zero-order valence-corrected chi connectivity index (χ0v) is 13.7. The highest BCUT2D eigenvalue weighted by Gasteiger charge is 2.18. The maximum atomic E-state index is 11.8. The summed E-state index contributed by atoms with van der Waals surface area (Å²) < 4.78 is 10.5. The normalized spacial score (nSPS) is 11.9. The lowest BCUT2D eigenvalue weighted by Crippen LogP contribution is -2.35. The highest BCUT2D eigenvalue weighted by molar-refractivity contribution is 5.96. The van der Waals surface area contributed by atoms with Gasteiger partial charge in [-0.1, -0.05) is 31.5 Å². The van der Waals surface area contributed by atoms with E-state index in [0.717, 1.165) is 6.42 Å². The van der Waals surface area contributed by atoms with Gasteiger partial charge < -0.3 is 14.3 Å². The highest BCUT2D eigenvalue weighted by atomic mass is 16.5. The first-order valence-electron chi connectivity index (χ1n) is 7.79. The van der Waals surface area contributed by atoms with Crippen LogP contribution in [0.15, 0.2) is 40.8 Å². The number of carbonyl (C=O) groups excluding carboxylic acids is 1. The quantitative estimate of drug-likeness (QED) is 0.723. The average molecular weight is 331 g/mol. The summed E-state index contributed by atoms with van der Waals surface area (Å²) in [5.74, 6) is -0.169. The second-order valence-electron chi connectivity index (χ2n) is 5.36. The molecule has 1 aromatic carbocycles. The molecule has 1 atom stereocenters. The number of methoxy groups -OCH3 is 1. The Morgan fingerprint density at radius 2 is 2.00 bits per heavy atom. The summed E-state index contributed by atoms with van der Waals surface area (Å²) in [6.07, 6.45) is 1.33. The van der Waals surface area contributed by atoms with Crippen molar-refractivity contribution in [2.24, 2.45) is 0 Å². The number of esters is 1. The summed E-state index contributed by atoms with van der Waals surface area (Å²) in [4.78, 5) is 23.0. The van der Waals surface area contributed by atoms with E-state index in [1.165, 1.54) is 7.11 Å². The van der Waals surface area contributed by atoms with Gasteiger partial charge >= 0.3 is 11.9 Å². The van der Waals surface area contributed by atoms with Crippen molar-refractivity contribution in [1.29, 1.82) is 0 Å². The smallest absolute Gasteiger partial charge is 0.338 e. The molecule has 0 aliphatic rings. The Hall–Kier alpha value is -2.60. The number of aliphatic carboxylic acids is 1. The van der Waals surface area contributed by atoms with Crippen molar-refractivity contribution in [3.8, 4) is 11.3 Å². The maximum absolute atomic E-state index is 11.8. The van der Waals surface area contributed by atoms with Crippen LogP contribution < -0.4 is 5.32 Å². The SMILES string of the molecule is CCCC(NCc1ccc(-c2ccccc2C(=O)OC)o1)C(=O)O. The van der Waals surface area contributed by atoms with Gasteiger partial charge in [0.05, 0.1) is 19.2 Å². The summed E-state index contributed by atoms with van der Waals surface area (Å²) in [6, 6.07) is 9.93. The molecule has 1 aromatic heterocycles. The molecule has 2 N–H and O–H groups in total. The van der Waals surface area contributed by atoms with Crippen LogP contribution in [-0.4, -0.2) is 30.2 Å². The molecule has 2 rings (SSSR count). The number of hydrogen-bond donors (Lipinski definition) is 2. The van der Waals surface area contributed by atoms with Crippen molar-refractivity contribution in [2.45, 2.75) is 32.4 Å². The van der Waals surface area contributed by atoms with Gasteiger partial charge in [0, 0.05) is 5.56 Å². The molecule has 0 bridgehead atoms. The van der Waals surface area contributed by atoms with Gasteiger partial charge in [-0.05, 0) is 24.6 Å². The van der Waals surface area contributed by atoms with Gasteiger partial charge in [-0.25, -0.2) is 4.79 Å². The van der Waals surface area contributed by atoms with Gasteiger partial charge in [0.2, 0.25) is 0 Å². The summed E-state index contributed by atoms with van der Waals surface area (Å²) in [7, 11) is 1.33. The zero-order chi connectivity index (χ0) is 17.5. The molecular weight excluding hydrogens is 310 g/mol. The summed E-state index contributed by atoms with van der Waals surface area (Å²) >= 11 is 0. The minimum atomic E-state index is -0.875. The van der Waals surface area contributed by atoms with E-state index < -0.39 is 18.0 Å². The van der Waals surface area contributed by atoms with E-state index >= 15 is 0 Å². The predicted molar refractivity (Wildman–Crippen MR) is 88.7 cm³/mol. The molecule has 1 unspecified atom stereocenters. The first kappa shape index (κ1) is 17.7. The molecule has 0 saturated heterocycles. The molecule has 0 spiro atoms. The molecule has 24 heavy (non-hydrogen) atoms. The van der Waals surface area contributed by atoms with Crippen LogP contribution in [0.4, 0.5) is 0 Å². The van der Waals surface area contributed by atoms with E-state index in [-0.39, 0.29) is 0 Å². The molecule has 2 aromatic rings. The van der Waals surface area contributed by atoms with Crippen LogP contribution in [0.2, 0.25) is 0 Å². The number of hydrogen-bond acceptors (Lipinski definition) is 5. The molecule has 6 heteroatoms. The Bertz CT molecular complexity index is 707. The largest absolute Gasteiger partial charge is 0.480 e. The third kappa shape index (κ3) is 4.23. The lowest BCUT2D eigenvalue weighted by molar-refractivity contribution is -0.139. The fourth-order valence-corrected chi connectivity index (χ4v) is 2.43. The van der Waals surface area contributed by atoms with Crippen LogP contribution in [0, 0.1) is 0 Å². The molecule has 0 amide bonds. The fourth-order valence-electron chi connectivity index (χ4n) is 2.43. The van der Waals surface area contributed by atoms with Crippen LogP contribution in [0.3, 0.4) is 0 Å². The number of ether oxygens (including phenoxy) is 1. The van der Waals surface area contributed by atoms with Crippen molar-refractivity contribution in [1.82, 2.24) is 5.32 Å². The van der Waals surface area contributed by atoms with Crippen molar-refractivity contribution in [2.75, 3.05) is 7.11 Å². The first-order valence-corrected chi connectivity index (χ1v) is 7.79. The molecule has 128 valence electrons. The van der Waals surface area contributed by atoms with E-state index in [9.17, 15) is 9.59 Å². The van der Waals surface area contributed by atoms with Crippen molar-refractivity contribution >= 4 is 11.9 Å². The van der Waals surface area contributed by atoms with Crippen molar-refractivity contribution < 1.29 is 23.8 Å². The Morgan fingerprint density at radius 1 is 1.25 bits per heavy atom. The average Bonchev–Trinajstić information content (AvgIpc) is 3.06. The van der Waals surface area contributed by atoms with E-state index in [4.69, 9.17) is 14.3 Å². The molecule has 0 aliphatic carbocycles. The standard InChI is InChI=1S/C18H21NO5/c1-3-6-15(17(20)21)19-11-12-9-10-16(24-12)13-7-4-5-8-14(13)18(22)23-2/h4-5,7-10,15,19H,3,6,11H2,1-2H3,(H,20,21). The molecule has 6 nitrogen and oxygen atoms in total. The number of carboxylic acid groups (broad SMARTS) is 1. The molecule has 0 aliphatic heterocycles. The third-order valence-electron chi connectivity index (χ3n) is 3.66. The summed E-state index contributed by atoms with van der Waals surface area (Å²) in [5, 5.41) is 12.1. The Kier molecular flexibility index (Phi) is 6.14. The van der Waals surface area contributed by atoms with E-state index in [0.29, 0.717) is 35.6 Å². The van der Waals surface area contributed by atoms with Crippen LogP contribution >= 0.6 is 0 Å². The number of nitrogens with one attached hydrogen (secondary N) is 1. The maximum Gasteiger partial charge on any atom is 0.338 e. The second-order valence-corrected chi connectivity index (χ2v) is 5.36. The first-order chi connectivity index (χ1) is 11.6. The van der Waals surface area contributed by atoms with Crippen molar-refractivity contribution in [3.05, 3.63) is 47.7 Å². The number of benzene rings is 1. The second kappa shape index (κ2) is 8.31. The summed E-state index contributed by atoms with van der Waals surface area (Å²) in [6.45, 7) is 2.24. The molecule has 0 fully saturated rings. The van der Waals surface area contributed by atoms with Crippen molar-refractivity contribution in [3.63, 3.8) is 0 Å². The number of furan rings is 1. The highest BCUT2D eigenvalue weighted by Crippen LogP contribution is 2.26. The van der Waals surface area contributed by atoms with Crippen LogP contribution in [-0.2, 0) is 16.1 Å². The monoisotopic (exact) mass is 331 g/mol. The Labute approximate surface area is 140 Å². The van der Waals surface area contributed by atoms with Gasteiger partial charge in [-0.3, -0.25) is 10.1 Å². The minimum Gasteiger partial charge on any atom is -0.480 e. The Morgan fingerprint density at radius 3 is 2.67 bits per heavy atom. The number of carbonyl (C=O) groups is 2. The molecule has 0 saturated carbocycles. The van der Waals surface area contributed by atoms with Gasteiger partial charge in [0.1, 0.15) is 17.6 Å². The zero-order valence-electron chi connectivity index (χ0n) is 13.7. The predicted octanol–water partition coefficient (Wildman–Crippen LogP) is 3.08. The lowest BCUT2D eigenvalue weighted by atomic mass is 10.1. The van der Waals surface area contributed by atoms with E-state index in [1.54, 1.807) is 30.3 Å². The van der Waals surface area contributed by atoms with Crippen LogP contribution in [0.1, 0.15) is 35.9 Å². The minimum absolute atomic E-state index is 0.303. The number of rotatable bonds is 8. The van der Waals surface area contributed by atoms with Gasteiger partial charge in [-0.15, -0.1) is 0 Å². The summed E-state index contributed by atoms with van der Waals surface area (Å²) in [5.41, 5.74) is 1.06. The number of carboxylic acids is 1. The Balaban J connectivity index is 2.14. The molecular formula is C18H21NO5. The molecule has 0 radical (unpaired) electrons.